The highest BCUT2D eigenvalue weighted by Gasteiger charge is 2.21. The maximum atomic E-state index is 11.9. The molecule has 0 heterocycles. The second-order valence-corrected chi connectivity index (χ2v) is 5.97. The number of esters is 1. The average molecular weight is 280 g/mol. The monoisotopic (exact) mass is 280 g/mol. The van der Waals surface area contributed by atoms with Crippen molar-refractivity contribution in [3.8, 4) is 0 Å². The summed E-state index contributed by atoms with van der Waals surface area (Å²) < 4.78 is 32.1. The van der Waals surface area contributed by atoms with E-state index in [1.807, 2.05) is 13.8 Å². The first-order valence-corrected chi connectivity index (χ1v) is 7.61. The number of methoxy groups -OCH3 is 1. The SMILES string of the molecule is CCCC(CC)NS(=O)(=O)N(C)CCC(=O)OC. The minimum atomic E-state index is -3.52. The van der Waals surface area contributed by atoms with Crippen LogP contribution in [-0.4, -0.2) is 45.4 Å². The molecule has 1 atom stereocenters. The van der Waals surface area contributed by atoms with E-state index in [-0.39, 0.29) is 19.0 Å². The van der Waals surface area contributed by atoms with Crippen molar-refractivity contribution in [2.45, 2.75) is 45.6 Å². The van der Waals surface area contributed by atoms with E-state index < -0.39 is 16.2 Å². The summed E-state index contributed by atoms with van der Waals surface area (Å²) >= 11 is 0. The van der Waals surface area contributed by atoms with Crippen molar-refractivity contribution < 1.29 is 17.9 Å². The van der Waals surface area contributed by atoms with E-state index in [2.05, 4.69) is 9.46 Å². The van der Waals surface area contributed by atoms with E-state index in [0.717, 1.165) is 23.6 Å². The van der Waals surface area contributed by atoms with Gasteiger partial charge in [0.1, 0.15) is 0 Å². The van der Waals surface area contributed by atoms with Crippen molar-refractivity contribution in [1.82, 2.24) is 9.03 Å². The fraction of sp³-hybridized carbons (Fsp3) is 0.909. The van der Waals surface area contributed by atoms with Crippen LogP contribution in [0, 0.1) is 0 Å². The number of nitrogens with zero attached hydrogens (tertiary/aromatic N) is 1. The van der Waals surface area contributed by atoms with E-state index in [1.54, 1.807) is 0 Å². The maximum Gasteiger partial charge on any atom is 0.306 e. The smallest absolute Gasteiger partial charge is 0.306 e. The van der Waals surface area contributed by atoms with Crippen molar-refractivity contribution in [2.75, 3.05) is 20.7 Å². The summed E-state index contributed by atoms with van der Waals surface area (Å²) in [5.74, 6) is -0.419. The molecule has 1 unspecified atom stereocenters. The Morgan fingerprint density at radius 1 is 1.39 bits per heavy atom. The molecule has 0 saturated carbocycles. The lowest BCUT2D eigenvalue weighted by Crippen LogP contribution is -2.44. The molecule has 18 heavy (non-hydrogen) atoms. The van der Waals surface area contributed by atoms with Gasteiger partial charge in [0.2, 0.25) is 0 Å². The fourth-order valence-corrected chi connectivity index (χ4v) is 2.68. The lowest BCUT2D eigenvalue weighted by atomic mass is 10.1. The molecule has 0 fully saturated rings. The van der Waals surface area contributed by atoms with Gasteiger partial charge in [-0.1, -0.05) is 20.3 Å². The molecule has 0 bridgehead atoms. The zero-order valence-electron chi connectivity index (χ0n) is 11.6. The molecule has 0 rings (SSSR count). The minimum absolute atomic E-state index is 0.0540. The number of hydrogen-bond donors (Lipinski definition) is 1. The molecule has 0 aliphatic rings. The highest BCUT2D eigenvalue weighted by atomic mass is 32.2. The van der Waals surface area contributed by atoms with Crippen LogP contribution in [-0.2, 0) is 19.7 Å². The van der Waals surface area contributed by atoms with Gasteiger partial charge in [-0.2, -0.15) is 17.4 Å². The second-order valence-electron chi connectivity index (χ2n) is 4.16. The summed E-state index contributed by atoms with van der Waals surface area (Å²) in [6.45, 7) is 4.07. The van der Waals surface area contributed by atoms with Gasteiger partial charge >= 0.3 is 5.97 Å². The number of hydrogen-bond acceptors (Lipinski definition) is 4. The van der Waals surface area contributed by atoms with E-state index >= 15 is 0 Å². The van der Waals surface area contributed by atoms with E-state index in [9.17, 15) is 13.2 Å². The molecule has 6 nitrogen and oxygen atoms in total. The predicted molar refractivity (Wildman–Crippen MR) is 70.3 cm³/mol. The Kier molecular flexibility index (Phi) is 8.13. The van der Waals surface area contributed by atoms with Crippen LogP contribution in [0.3, 0.4) is 0 Å². The van der Waals surface area contributed by atoms with Crippen LogP contribution in [0.5, 0.6) is 0 Å². The van der Waals surface area contributed by atoms with Gasteiger partial charge in [0.05, 0.1) is 13.5 Å². The van der Waals surface area contributed by atoms with E-state index in [1.165, 1.54) is 14.2 Å². The standard InChI is InChI=1S/C11H24N2O4S/c1-5-7-10(6-2)12-18(15,16)13(3)9-8-11(14)17-4/h10,12H,5-9H2,1-4H3. The van der Waals surface area contributed by atoms with Crippen LogP contribution in [0.25, 0.3) is 0 Å². The van der Waals surface area contributed by atoms with Crippen molar-refractivity contribution in [3.63, 3.8) is 0 Å². The molecule has 0 aromatic carbocycles. The molecule has 0 saturated heterocycles. The van der Waals surface area contributed by atoms with Crippen molar-refractivity contribution >= 4 is 16.2 Å². The van der Waals surface area contributed by atoms with Crippen LogP contribution in [0.1, 0.15) is 39.5 Å². The lowest BCUT2D eigenvalue weighted by Gasteiger charge is -2.22. The van der Waals surface area contributed by atoms with Gasteiger partial charge in [-0.3, -0.25) is 4.79 Å². The number of ether oxygens (including phenoxy) is 1. The van der Waals surface area contributed by atoms with Gasteiger partial charge in [0, 0.05) is 19.6 Å². The van der Waals surface area contributed by atoms with Crippen molar-refractivity contribution in [1.29, 1.82) is 0 Å². The van der Waals surface area contributed by atoms with Gasteiger partial charge < -0.3 is 4.74 Å². The van der Waals surface area contributed by atoms with Crippen LogP contribution in [0.2, 0.25) is 0 Å². The summed E-state index contributed by atoms with van der Waals surface area (Å²) in [4.78, 5) is 11.0. The topological polar surface area (TPSA) is 75.7 Å². The molecule has 1 N–H and O–H groups in total. The maximum absolute atomic E-state index is 11.9. The van der Waals surface area contributed by atoms with Gasteiger partial charge in [-0.25, -0.2) is 0 Å². The minimum Gasteiger partial charge on any atom is -0.469 e. The van der Waals surface area contributed by atoms with Crippen LogP contribution < -0.4 is 4.72 Å². The van der Waals surface area contributed by atoms with Gasteiger partial charge in [-0.15, -0.1) is 0 Å². The lowest BCUT2D eigenvalue weighted by molar-refractivity contribution is -0.140. The first-order valence-electron chi connectivity index (χ1n) is 6.17. The number of nitrogens with one attached hydrogen (secondary N) is 1. The van der Waals surface area contributed by atoms with Crippen molar-refractivity contribution in [3.05, 3.63) is 0 Å². The number of carbonyl (C=O) groups is 1. The van der Waals surface area contributed by atoms with Gasteiger partial charge in [-0.05, 0) is 12.8 Å². The second kappa shape index (κ2) is 8.44. The van der Waals surface area contributed by atoms with Crippen LogP contribution in [0.4, 0.5) is 0 Å². The van der Waals surface area contributed by atoms with Gasteiger partial charge in [0.15, 0.2) is 0 Å². The molecule has 0 aromatic heterocycles. The Morgan fingerprint density at radius 2 is 2.00 bits per heavy atom. The zero-order chi connectivity index (χ0) is 14.2. The van der Waals surface area contributed by atoms with Crippen molar-refractivity contribution in [2.24, 2.45) is 0 Å². The Bertz CT molecular complexity index is 343. The third kappa shape index (κ3) is 6.32. The van der Waals surface area contributed by atoms with E-state index in [0.29, 0.717) is 0 Å². The molecule has 0 amide bonds. The van der Waals surface area contributed by atoms with Gasteiger partial charge in [0.25, 0.3) is 10.2 Å². The Labute approximate surface area is 110 Å². The third-order valence-electron chi connectivity index (χ3n) is 2.71. The molecule has 108 valence electrons. The normalized spacial score (nSPS) is 13.6. The summed E-state index contributed by atoms with van der Waals surface area (Å²) in [6, 6.07) is -0.0550. The first kappa shape index (κ1) is 17.3. The molecule has 0 spiro atoms. The summed E-state index contributed by atoms with van der Waals surface area (Å²) in [7, 11) is -0.793. The molecule has 0 radical (unpaired) electrons. The highest BCUT2D eigenvalue weighted by Crippen LogP contribution is 2.05. The Balaban J connectivity index is 4.38. The average Bonchev–Trinajstić information content (AvgIpc) is 2.34. The zero-order valence-corrected chi connectivity index (χ0v) is 12.4. The molecule has 0 aromatic rings. The number of carbonyl (C=O) groups excluding carboxylic acids is 1. The van der Waals surface area contributed by atoms with Crippen LogP contribution in [0.15, 0.2) is 0 Å². The van der Waals surface area contributed by atoms with E-state index in [4.69, 9.17) is 0 Å². The van der Waals surface area contributed by atoms with Crippen LogP contribution >= 0.6 is 0 Å². The molecular formula is C11H24N2O4S. The quantitative estimate of drug-likeness (QED) is 0.637. The summed E-state index contributed by atoms with van der Waals surface area (Å²) in [6.07, 6.45) is 2.53. The largest absolute Gasteiger partial charge is 0.469 e. The fourth-order valence-electron chi connectivity index (χ4n) is 1.47. The molecular weight excluding hydrogens is 256 g/mol. The summed E-state index contributed by atoms with van der Waals surface area (Å²) in [5.41, 5.74) is 0. The number of rotatable bonds is 9. The first-order chi connectivity index (χ1) is 8.37. The molecule has 7 heteroatoms. The summed E-state index contributed by atoms with van der Waals surface area (Å²) in [5, 5.41) is 0. The molecule has 0 aliphatic carbocycles. The predicted octanol–water partition coefficient (Wildman–Crippen LogP) is 0.894. The third-order valence-corrected chi connectivity index (χ3v) is 4.35. The Morgan fingerprint density at radius 3 is 2.44 bits per heavy atom. The highest BCUT2D eigenvalue weighted by molar-refractivity contribution is 7.87. The Hall–Kier alpha value is -0.660. The molecule has 0 aliphatic heterocycles.